The molecule has 0 spiro atoms. The summed E-state index contributed by atoms with van der Waals surface area (Å²) in [6.07, 6.45) is 3.52. The maximum absolute atomic E-state index is 11.3. The van der Waals surface area contributed by atoms with Crippen molar-refractivity contribution in [3.8, 4) is 0 Å². The number of hydrogen-bond acceptors (Lipinski definition) is 3. The molecule has 0 bridgehead atoms. The van der Waals surface area contributed by atoms with E-state index >= 15 is 0 Å². The molecule has 0 amide bonds. The smallest absolute Gasteiger partial charge is 0.211 e. The van der Waals surface area contributed by atoms with Gasteiger partial charge in [-0.15, -0.1) is 0 Å². The molecule has 0 aromatic rings. The molecule has 2 heterocycles. The van der Waals surface area contributed by atoms with Gasteiger partial charge in [0.05, 0.1) is 6.26 Å². The fourth-order valence-corrected chi connectivity index (χ4v) is 3.17. The minimum Gasteiger partial charge on any atom is -0.312 e. The third-order valence-corrected chi connectivity index (χ3v) is 4.38. The molecule has 13 heavy (non-hydrogen) atoms. The van der Waals surface area contributed by atoms with Gasteiger partial charge in [0.1, 0.15) is 0 Å². The van der Waals surface area contributed by atoms with Crippen LogP contribution in [0.3, 0.4) is 0 Å². The number of nitrogens with one attached hydrogen (secondary N) is 1. The Morgan fingerprint density at radius 1 is 1.38 bits per heavy atom. The summed E-state index contributed by atoms with van der Waals surface area (Å²) in [6, 6.07) is 0.406. The van der Waals surface area contributed by atoms with Crippen molar-refractivity contribution in [3.63, 3.8) is 0 Å². The monoisotopic (exact) mass is 204 g/mol. The minimum absolute atomic E-state index is 0.406. The number of hydrogen-bond donors (Lipinski definition) is 1. The SMILES string of the molecule is CS(=O)(=O)N1CCC2CCNC2C1. The quantitative estimate of drug-likeness (QED) is 0.634. The highest BCUT2D eigenvalue weighted by atomic mass is 32.2. The molecule has 76 valence electrons. The van der Waals surface area contributed by atoms with Crippen molar-refractivity contribution in [2.24, 2.45) is 5.92 Å². The Bertz CT molecular complexity index is 289. The molecule has 5 heteroatoms. The van der Waals surface area contributed by atoms with E-state index in [1.165, 1.54) is 12.7 Å². The van der Waals surface area contributed by atoms with Crippen LogP contribution in [-0.2, 0) is 10.0 Å². The van der Waals surface area contributed by atoms with Gasteiger partial charge in [-0.3, -0.25) is 0 Å². The Kier molecular flexibility index (Phi) is 2.33. The Labute approximate surface area is 79.4 Å². The molecule has 0 aliphatic carbocycles. The van der Waals surface area contributed by atoms with Gasteiger partial charge in [0, 0.05) is 19.1 Å². The molecule has 2 atom stereocenters. The van der Waals surface area contributed by atoms with Crippen LogP contribution in [0.5, 0.6) is 0 Å². The van der Waals surface area contributed by atoms with Crippen molar-refractivity contribution in [3.05, 3.63) is 0 Å². The van der Waals surface area contributed by atoms with E-state index in [2.05, 4.69) is 5.32 Å². The van der Waals surface area contributed by atoms with Gasteiger partial charge in [-0.2, -0.15) is 0 Å². The highest BCUT2D eigenvalue weighted by Gasteiger charge is 2.35. The van der Waals surface area contributed by atoms with E-state index in [1.54, 1.807) is 4.31 Å². The Morgan fingerprint density at radius 2 is 2.15 bits per heavy atom. The minimum atomic E-state index is -2.97. The van der Waals surface area contributed by atoms with Crippen molar-refractivity contribution in [1.29, 1.82) is 0 Å². The van der Waals surface area contributed by atoms with Gasteiger partial charge < -0.3 is 5.32 Å². The first-order valence-electron chi connectivity index (χ1n) is 4.76. The van der Waals surface area contributed by atoms with Crippen LogP contribution in [-0.4, -0.2) is 44.7 Å². The van der Waals surface area contributed by atoms with Gasteiger partial charge in [0.25, 0.3) is 0 Å². The fourth-order valence-electron chi connectivity index (χ4n) is 2.30. The van der Waals surface area contributed by atoms with Crippen LogP contribution in [0.1, 0.15) is 12.8 Å². The predicted molar refractivity (Wildman–Crippen MR) is 50.9 cm³/mol. The van der Waals surface area contributed by atoms with Crippen molar-refractivity contribution >= 4 is 10.0 Å². The van der Waals surface area contributed by atoms with Gasteiger partial charge in [0.15, 0.2) is 0 Å². The molecule has 1 N–H and O–H groups in total. The predicted octanol–water partition coefficient (Wildman–Crippen LogP) is -0.370. The molecular formula is C8H16N2O2S. The molecule has 2 fully saturated rings. The lowest BCUT2D eigenvalue weighted by atomic mass is 9.94. The Hall–Kier alpha value is -0.130. The maximum atomic E-state index is 11.3. The summed E-state index contributed by atoms with van der Waals surface area (Å²) in [5, 5.41) is 3.35. The summed E-state index contributed by atoms with van der Waals surface area (Å²) < 4.78 is 24.1. The number of rotatable bonds is 1. The van der Waals surface area contributed by atoms with Crippen LogP contribution in [0.15, 0.2) is 0 Å². The molecule has 0 radical (unpaired) electrons. The van der Waals surface area contributed by atoms with E-state index in [4.69, 9.17) is 0 Å². The van der Waals surface area contributed by atoms with Crippen molar-refractivity contribution in [1.82, 2.24) is 9.62 Å². The number of nitrogens with zero attached hydrogens (tertiary/aromatic N) is 1. The van der Waals surface area contributed by atoms with Crippen LogP contribution in [0.25, 0.3) is 0 Å². The van der Waals surface area contributed by atoms with Crippen molar-refractivity contribution < 1.29 is 8.42 Å². The molecule has 2 aliphatic heterocycles. The molecule has 2 unspecified atom stereocenters. The van der Waals surface area contributed by atoms with Gasteiger partial charge in [-0.05, 0) is 25.3 Å². The topological polar surface area (TPSA) is 49.4 Å². The first kappa shape index (κ1) is 9.43. The van der Waals surface area contributed by atoms with Gasteiger partial charge in [-0.1, -0.05) is 0 Å². The molecule has 0 aromatic carbocycles. The van der Waals surface area contributed by atoms with Gasteiger partial charge >= 0.3 is 0 Å². The molecule has 2 rings (SSSR count). The standard InChI is InChI=1S/C8H16N2O2S/c1-13(11,12)10-5-3-7-2-4-9-8(7)6-10/h7-9H,2-6H2,1H3. The summed E-state index contributed by atoms with van der Waals surface area (Å²) in [5.74, 6) is 0.706. The van der Waals surface area contributed by atoms with E-state index in [9.17, 15) is 8.42 Å². The molecule has 0 saturated carbocycles. The average molecular weight is 204 g/mol. The third kappa shape index (κ3) is 1.87. The third-order valence-electron chi connectivity index (χ3n) is 3.11. The van der Waals surface area contributed by atoms with Crippen molar-refractivity contribution in [2.75, 3.05) is 25.9 Å². The number of fused-ring (bicyclic) bond motifs is 1. The summed E-state index contributed by atoms with van der Waals surface area (Å²) in [7, 11) is -2.97. The summed E-state index contributed by atoms with van der Waals surface area (Å²) in [6.45, 7) is 2.43. The average Bonchev–Trinajstić information content (AvgIpc) is 2.47. The first-order chi connectivity index (χ1) is 6.07. The van der Waals surface area contributed by atoms with E-state index < -0.39 is 10.0 Å². The molecule has 2 aliphatic rings. The van der Waals surface area contributed by atoms with E-state index in [-0.39, 0.29) is 0 Å². The zero-order chi connectivity index (χ0) is 9.47. The van der Waals surface area contributed by atoms with E-state index in [1.807, 2.05) is 0 Å². The summed E-state index contributed by atoms with van der Waals surface area (Å²) >= 11 is 0. The fraction of sp³-hybridized carbons (Fsp3) is 1.00. The summed E-state index contributed by atoms with van der Waals surface area (Å²) in [5.41, 5.74) is 0. The van der Waals surface area contributed by atoms with E-state index in [0.717, 1.165) is 13.0 Å². The molecule has 2 saturated heterocycles. The molecule has 0 aromatic heterocycles. The normalized spacial score (nSPS) is 36.1. The second kappa shape index (κ2) is 3.22. The number of sulfonamides is 1. The van der Waals surface area contributed by atoms with Crippen LogP contribution in [0.2, 0.25) is 0 Å². The maximum Gasteiger partial charge on any atom is 0.211 e. The van der Waals surface area contributed by atoms with Gasteiger partial charge in [0.2, 0.25) is 10.0 Å². The van der Waals surface area contributed by atoms with Crippen LogP contribution >= 0.6 is 0 Å². The largest absolute Gasteiger partial charge is 0.312 e. The lowest BCUT2D eigenvalue weighted by molar-refractivity contribution is 0.250. The Balaban J connectivity index is 2.05. The highest BCUT2D eigenvalue weighted by Crippen LogP contribution is 2.25. The van der Waals surface area contributed by atoms with Crippen molar-refractivity contribution in [2.45, 2.75) is 18.9 Å². The lowest BCUT2D eigenvalue weighted by Gasteiger charge is -2.33. The highest BCUT2D eigenvalue weighted by molar-refractivity contribution is 7.88. The first-order valence-corrected chi connectivity index (χ1v) is 6.61. The molecule has 4 nitrogen and oxygen atoms in total. The van der Waals surface area contributed by atoms with Crippen LogP contribution < -0.4 is 5.32 Å². The van der Waals surface area contributed by atoms with Crippen LogP contribution in [0.4, 0.5) is 0 Å². The van der Waals surface area contributed by atoms with E-state index in [0.29, 0.717) is 25.0 Å². The zero-order valence-electron chi connectivity index (χ0n) is 7.86. The molecular weight excluding hydrogens is 188 g/mol. The van der Waals surface area contributed by atoms with Gasteiger partial charge in [-0.25, -0.2) is 12.7 Å². The zero-order valence-corrected chi connectivity index (χ0v) is 8.68. The summed E-state index contributed by atoms with van der Waals surface area (Å²) in [4.78, 5) is 0. The second-order valence-electron chi connectivity index (χ2n) is 4.02. The lowest BCUT2D eigenvalue weighted by Crippen LogP contribution is -2.48. The Morgan fingerprint density at radius 3 is 2.85 bits per heavy atom. The van der Waals surface area contributed by atoms with Crippen LogP contribution in [0, 0.1) is 5.92 Å². The second-order valence-corrected chi connectivity index (χ2v) is 6.00. The number of piperidine rings is 1.